The van der Waals surface area contributed by atoms with Crippen LogP contribution in [-0.2, 0) is 17.8 Å². The fourth-order valence-electron chi connectivity index (χ4n) is 5.83. The number of benzene rings is 3. The Kier molecular flexibility index (Phi) is 6.55. The highest BCUT2D eigenvalue weighted by atomic mass is 19.1. The number of hydrogen-bond donors (Lipinski definition) is 1. The topological polar surface area (TPSA) is 58.4 Å². The zero-order chi connectivity index (χ0) is 27.1. The van der Waals surface area contributed by atoms with Gasteiger partial charge in [-0.25, -0.2) is 9.18 Å². The number of fused-ring (bicyclic) bond motifs is 1. The van der Waals surface area contributed by atoms with Crippen LogP contribution in [0.5, 0.6) is 0 Å². The zero-order valence-electron chi connectivity index (χ0n) is 22.2. The number of hydrogen-bond acceptors (Lipinski definition) is 3. The van der Waals surface area contributed by atoms with Crippen LogP contribution >= 0.6 is 0 Å². The van der Waals surface area contributed by atoms with Crippen molar-refractivity contribution in [3.63, 3.8) is 0 Å². The molecule has 5 nitrogen and oxygen atoms in total. The first-order valence-electron chi connectivity index (χ1n) is 13.7. The van der Waals surface area contributed by atoms with E-state index in [9.17, 15) is 4.79 Å². The normalized spacial score (nSPS) is 18.9. The molecule has 1 fully saturated rings. The van der Waals surface area contributed by atoms with Gasteiger partial charge in [0.25, 0.3) is 0 Å². The number of carboxylic acids is 1. The molecule has 1 saturated carbocycles. The summed E-state index contributed by atoms with van der Waals surface area (Å²) < 4.78 is 17.7. The molecule has 1 aliphatic heterocycles. The van der Waals surface area contributed by atoms with E-state index in [2.05, 4.69) is 72.5 Å². The number of anilines is 1. The van der Waals surface area contributed by atoms with Crippen molar-refractivity contribution in [3.05, 3.63) is 113 Å². The average molecular weight is 522 g/mol. The van der Waals surface area contributed by atoms with Gasteiger partial charge in [-0.2, -0.15) is 5.10 Å². The number of aromatic nitrogens is 2. The van der Waals surface area contributed by atoms with E-state index in [1.165, 1.54) is 36.1 Å². The van der Waals surface area contributed by atoms with Gasteiger partial charge in [0, 0.05) is 41.7 Å². The van der Waals surface area contributed by atoms with Gasteiger partial charge in [0.1, 0.15) is 5.82 Å². The summed E-state index contributed by atoms with van der Waals surface area (Å²) in [5, 5.41) is 13.4. The third-order valence-corrected chi connectivity index (χ3v) is 7.97. The van der Waals surface area contributed by atoms with Crippen LogP contribution in [0.15, 0.2) is 79.1 Å². The molecule has 198 valence electrons. The summed E-state index contributed by atoms with van der Waals surface area (Å²) in [5.41, 5.74) is 8.01. The lowest BCUT2D eigenvalue weighted by Crippen LogP contribution is -2.43. The Bertz CT molecular complexity index is 1550. The molecule has 0 amide bonds. The summed E-state index contributed by atoms with van der Waals surface area (Å²) in [6.07, 6.45) is 9.75. The third-order valence-electron chi connectivity index (χ3n) is 7.97. The van der Waals surface area contributed by atoms with E-state index >= 15 is 4.39 Å². The molecule has 0 unspecified atom stereocenters. The van der Waals surface area contributed by atoms with Crippen LogP contribution in [0.2, 0.25) is 0 Å². The first-order chi connectivity index (χ1) is 18.9. The molecule has 0 spiro atoms. The van der Waals surface area contributed by atoms with Crippen molar-refractivity contribution in [3.8, 4) is 11.1 Å². The van der Waals surface area contributed by atoms with Gasteiger partial charge in [-0.3, -0.25) is 4.68 Å². The van der Waals surface area contributed by atoms with Gasteiger partial charge in [-0.1, -0.05) is 42.5 Å². The number of rotatable bonds is 7. The molecule has 6 heteroatoms. The SMILES string of the molecule is CCn1cc(-c2ccc3c(c2)C[C@@H](C)N(c2ccc(C4CC4)cc2)[C@@H]3c2ccc(/C=C/C(=O)O)cc2F)cn1. The molecule has 2 aliphatic rings. The van der Waals surface area contributed by atoms with Crippen molar-refractivity contribution < 1.29 is 14.3 Å². The lowest BCUT2D eigenvalue weighted by Gasteiger charge is -2.44. The van der Waals surface area contributed by atoms with Gasteiger partial charge >= 0.3 is 5.97 Å². The van der Waals surface area contributed by atoms with E-state index in [0.717, 1.165) is 41.4 Å². The third kappa shape index (κ3) is 4.99. The van der Waals surface area contributed by atoms with Crippen LogP contribution in [0, 0.1) is 5.82 Å². The summed E-state index contributed by atoms with van der Waals surface area (Å²) in [7, 11) is 0. The van der Waals surface area contributed by atoms with Crippen molar-refractivity contribution in [1.29, 1.82) is 0 Å². The number of halogens is 1. The van der Waals surface area contributed by atoms with Gasteiger partial charge < -0.3 is 10.0 Å². The van der Waals surface area contributed by atoms with Gasteiger partial charge in [-0.15, -0.1) is 0 Å². The van der Waals surface area contributed by atoms with E-state index in [4.69, 9.17) is 5.11 Å². The molecule has 0 radical (unpaired) electrons. The van der Waals surface area contributed by atoms with Crippen molar-refractivity contribution >= 4 is 17.7 Å². The first kappa shape index (κ1) is 25.1. The second-order valence-electron chi connectivity index (χ2n) is 10.7. The number of carbonyl (C=O) groups is 1. The van der Waals surface area contributed by atoms with E-state index in [1.807, 2.05) is 10.9 Å². The maximum absolute atomic E-state index is 15.8. The van der Waals surface area contributed by atoms with Gasteiger partial charge in [-0.05, 0) is 91.1 Å². The standard InChI is InChI=1S/C33H32FN3O2/c1-3-36-20-27(19-35-36)25-10-14-29-26(18-25)16-21(2)37(28-11-8-24(9-12-28)23-6-7-23)33(29)30-13-4-22(17-31(30)34)5-15-32(38)39/h4-5,8-15,17-21,23,33H,3,6-7,16H2,1-2H3,(H,38,39)/b15-5+/t21-,33+/m1/s1. The molecule has 0 saturated heterocycles. The maximum atomic E-state index is 15.8. The number of carboxylic acid groups (broad SMARTS) is 1. The van der Waals surface area contributed by atoms with Gasteiger partial charge in [0.2, 0.25) is 0 Å². The molecule has 39 heavy (non-hydrogen) atoms. The highest BCUT2D eigenvalue weighted by molar-refractivity contribution is 5.85. The summed E-state index contributed by atoms with van der Waals surface area (Å²) in [6.45, 7) is 5.09. The van der Waals surface area contributed by atoms with Crippen LogP contribution in [-0.4, -0.2) is 26.9 Å². The fourth-order valence-corrected chi connectivity index (χ4v) is 5.83. The molecule has 2 heterocycles. The van der Waals surface area contributed by atoms with E-state index in [-0.39, 0.29) is 17.9 Å². The van der Waals surface area contributed by atoms with Crippen molar-refractivity contribution in [2.75, 3.05) is 4.90 Å². The van der Waals surface area contributed by atoms with Gasteiger partial charge in [0.15, 0.2) is 0 Å². The lowest BCUT2D eigenvalue weighted by molar-refractivity contribution is -0.131. The molecule has 6 rings (SSSR count). The van der Waals surface area contributed by atoms with Gasteiger partial charge in [0.05, 0.1) is 12.2 Å². The maximum Gasteiger partial charge on any atom is 0.328 e. The molecular formula is C33H32FN3O2. The van der Waals surface area contributed by atoms with E-state index in [1.54, 1.807) is 12.1 Å². The zero-order valence-corrected chi connectivity index (χ0v) is 22.2. The Morgan fingerprint density at radius 2 is 1.82 bits per heavy atom. The molecule has 0 bridgehead atoms. The first-order valence-corrected chi connectivity index (χ1v) is 13.7. The molecule has 4 aromatic rings. The fraction of sp³-hybridized carbons (Fsp3) is 0.273. The molecular weight excluding hydrogens is 489 g/mol. The van der Waals surface area contributed by atoms with Crippen LogP contribution in [0.25, 0.3) is 17.2 Å². The van der Waals surface area contributed by atoms with Crippen molar-refractivity contribution in [2.45, 2.75) is 57.7 Å². The lowest BCUT2D eigenvalue weighted by atomic mass is 9.83. The minimum atomic E-state index is -1.06. The number of nitrogens with zero attached hydrogens (tertiary/aromatic N) is 3. The molecule has 2 atom stereocenters. The van der Waals surface area contributed by atoms with Crippen LogP contribution in [0.4, 0.5) is 10.1 Å². The van der Waals surface area contributed by atoms with Crippen molar-refractivity contribution in [1.82, 2.24) is 9.78 Å². The van der Waals surface area contributed by atoms with E-state index in [0.29, 0.717) is 17.0 Å². The van der Waals surface area contributed by atoms with Crippen LogP contribution in [0.1, 0.15) is 66.5 Å². The summed E-state index contributed by atoms with van der Waals surface area (Å²) >= 11 is 0. The second kappa shape index (κ2) is 10.2. The number of aliphatic carboxylic acids is 1. The Morgan fingerprint density at radius 1 is 1.05 bits per heavy atom. The molecule has 1 aliphatic carbocycles. The van der Waals surface area contributed by atoms with E-state index < -0.39 is 5.97 Å². The molecule has 1 aromatic heterocycles. The Labute approximate surface area is 228 Å². The molecule has 1 N–H and O–H groups in total. The smallest absolute Gasteiger partial charge is 0.328 e. The monoisotopic (exact) mass is 521 g/mol. The van der Waals surface area contributed by atoms with Crippen molar-refractivity contribution in [2.24, 2.45) is 0 Å². The molecule has 3 aromatic carbocycles. The summed E-state index contributed by atoms with van der Waals surface area (Å²) in [5.74, 6) is -0.732. The summed E-state index contributed by atoms with van der Waals surface area (Å²) in [6, 6.07) is 20.1. The second-order valence-corrected chi connectivity index (χ2v) is 10.7. The Morgan fingerprint density at radius 3 is 2.49 bits per heavy atom. The van der Waals surface area contributed by atoms with Crippen LogP contribution < -0.4 is 4.90 Å². The Balaban J connectivity index is 1.45. The highest BCUT2D eigenvalue weighted by Gasteiger charge is 2.35. The minimum Gasteiger partial charge on any atom is -0.478 e. The minimum absolute atomic E-state index is 0.133. The van der Waals surface area contributed by atoms with Crippen LogP contribution in [0.3, 0.4) is 0 Å². The Hall–Kier alpha value is -4.19. The highest BCUT2D eigenvalue weighted by Crippen LogP contribution is 2.45. The largest absolute Gasteiger partial charge is 0.478 e. The quantitative estimate of drug-likeness (QED) is 0.261. The predicted molar refractivity (Wildman–Crippen MR) is 152 cm³/mol. The summed E-state index contributed by atoms with van der Waals surface area (Å²) in [4.78, 5) is 13.3. The average Bonchev–Trinajstić information content (AvgIpc) is 3.67. The number of aryl methyl sites for hydroxylation is 1. The predicted octanol–water partition coefficient (Wildman–Crippen LogP) is 7.22.